The van der Waals surface area contributed by atoms with E-state index in [1.54, 1.807) is 36.4 Å². The lowest BCUT2D eigenvalue weighted by Crippen LogP contribution is -2.55. The Morgan fingerprint density at radius 2 is 0.977 bits per heavy atom. The van der Waals surface area contributed by atoms with E-state index in [-0.39, 0.29) is 38.2 Å². The molecule has 0 aliphatic carbocycles. The van der Waals surface area contributed by atoms with Crippen molar-refractivity contribution in [2.24, 2.45) is 0 Å². The van der Waals surface area contributed by atoms with E-state index in [0.717, 1.165) is 23.7 Å². The van der Waals surface area contributed by atoms with Crippen LogP contribution >= 0.6 is 0 Å². The predicted molar refractivity (Wildman–Crippen MR) is 161 cm³/mol. The van der Waals surface area contributed by atoms with Crippen LogP contribution in [0.4, 0.5) is 0 Å². The molecular weight excluding hydrogens is 572 g/mol. The van der Waals surface area contributed by atoms with Crippen LogP contribution in [0.25, 0.3) is 0 Å². The number of benzene rings is 2. The van der Waals surface area contributed by atoms with E-state index in [9.17, 15) is 39.0 Å². The van der Waals surface area contributed by atoms with Crippen LogP contribution < -0.4 is 10.6 Å². The zero-order valence-electron chi connectivity index (χ0n) is 25.6. The number of carbonyl (C=O) groups is 6. The molecule has 0 aromatic heterocycles. The summed E-state index contributed by atoms with van der Waals surface area (Å²) in [5, 5.41) is 24.1. The maximum absolute atomic E-state index is 11.6. The molecular formula is C32H42N2O10. The van der Waals surface area contributed by atoms with Gasteiger partial charge in [-0.3, -0.25) is 28.8 Å². The largest absolute Gasteiger partial charge is 0.463 e. The van der Waals surface area contributed by atoms with Gasteiger partial charge in [-0.25, -0.2) is 0 Å². The highest BCUT2D eigenvalue weighted by atomic mass is 16.5. The van der Waals surface area contributed by atoms with Crippen LogP contribution in [0.1, 0.15) is 72.4 Å². The minimum absolute atomic E-state index is 0.110. The number of esters is 2. The Kier molecular flexibility index (Phi) is 16.2. The first-order valence-electron chi connectivity index (χ1n) is 14.0. The van der Waals surface area contributed by atoms with Crippen LogP contribution in [0.2, 0.25) is 0 Å². The Morgan fingerprint density at radius 3 is 1.27 bits per heavy atom. The first kappa shape index (κ1) is 37.6. The number of carbonyl (C=O) groups excluding carboxylic acids is 6. The molecule has 0 atom stereocenters. The number of aliphatic hydroxyl groups excluding tert-OH is 2. The Bertz CT molecular complexity index is 1220. The summed E-state index contributed by atoms with van der Waals surface area (Å²) in [7, 11) is 0. The number of ether oxygens (including phenoxy) is 2. The Hall–Kier alpha value is -4.42. The summed E-state index contributed by atoms with van der Waals surface area (Å²) < 4.78 is 10.1. The number of aldehydes is 2. The first-order valence-corrected chi connectivity index (χ1v) is 14.0. The van der Waals surface area contributed by atoms with Crippen molar-refractivity contribution >= 4 is 36.3 Å². The predicted octanol–water partition coefficient (Wildman–Crippen LogP) is 1.72. The van der Waals surface area contributed by atoms with Crippen molar-refractivity contribution in [2.45, 2.75) is 64.5 Å². The van der Waals surface area contributed by atoms with E-state index < -0.39 is 23.0 Å². The highest BCUT2D eigenvalue weighted by Crippen LogP contribution is 2.18. The average Bonchev–Trinajstić information content (AvgIpc) is 3.00. The second kappa shape index (κ2) is 19.0. The topological polar surface area (TPSA) is 185 Å². The van der Waals surface area contributed by atoms with Crippen LogP contribution in [0.3, 0.4) is 0 Å². The van der Waals surface area contributed by atoms with E-state index in [0.29, 0.717) is 36.8 Å². The fraction of sp³-hybridized carbons (Fsp3) is 0.438. The molecule has 2 aromatic carbocycles. The van der Waals surface area contributed by atoms with Crippen LogP contribution in [-0.4, -0.2) is 84.0 Å². The molecule has 0 saturated heterocycles. The molecule has 12 nitrogen and oxygen atoms in total. The minimum atomic E-state index is -1.02. The summed E-state index contributed by atoms with van der Waals surface area (Å²) in [4.78, 5) is 66.3. The number of rotatable bonds is 16. The number of aliphatic hydroxyl groups is 2. The molecule has 0 bridgehead atoms. The van der Waals surface area contributed by atoms with Gasteiger partial charge in [-0.05, 0) is 36.8 Å². The highest BCUT2D eigenvalue weighted by molar-refractivity contribution is 5.76. The van der Waals surface area contributed by atoms with Gasteiger partial charge in [-0.1, -0.05) is 48.5 Å². The molecule has 0 heterocycles. The van der Waals surface area contributed by atoms with E-state index in [2.05, 4.69) is 10.6 Å². The maximum Gasteiger partial charge on any atom is 0.302 e. The molecule has 2 amide bonds. The normalized spacial score (nSPS) is 10.9. The summed E-state index contributed by atoms with van der Waals surface area (Å²) in [5.74, 6) is -1.60. The number of hydrogen-bond acceptors (Lipinski definition) is 10. The maximum atomic E-state index is 11.6. The van der Waals surface area contributed by atoms with E-state index in [1.807, 2.05) is 12.1 Å². The van der Waals surface area contributed by atoms with Crippen molar-refractivity contribution in [2.75, 3.05) is 26.4 Å². The zero-order valence-corrected chi connectivity index (χ0v) is 25.6. The molecule has 12 heteroatoms. The molecule has 44 heavy (non-hydrogen) atoms. The number of nitrogens with one attached hydrogen (secondary N) is 2. The highest BCUT2D eigenvalue weighted by Gasteiger charge is 2.34. The summed E-state index contributed by atoms with van der Waals surface area (Å²) in [5.41, 5.74) is 1.05. The molecule has 2 rings (SSSR count). The van der Waals surface area contributed by atoms with E-state index in [4.69, 9.17) is 9.47 Å². The second-order valence-corrected chi connectivity index (χ2v) is 10.5. The molecule has 0 unspecified atom stereocenters. The smallest absolute Gasteiger partial charge is 0.302 e. The Morgan fingerprint density at radius 1 is 0.636 bits per heavy atom. The van der Waals surface area contributed by atoms with Gasteiger partial charge < -0.3 is 30.3 Å². The standard InChI is InChI=1S/C18H23NO6.C14H19NO4/c1-13(21)19-18(11-24-14(2)22,12-25-15(3)23)9-8-16-4-6-17(10-20)7-5-16;1-11(19)15-14(9-17,10-18)7-6-12-2-4-13(8-16)5-3-12/h4-7,10H,8-9,11-12H2,1-3H3,(H,19,21);2-5,8,17-18H,6-7,9-10H2,1H3,(H,15,19). The lowest BCUT2D eigenvalue weighted by Gasteiger charge is -2.33. The quantitative estimate of drug-likeness (QED) is 0.160. The molecule has 240 valence electrons. The Labute approximate surface area is 257 Å². The Balaban J connectivity index is 0.000000457. The zero-order chi connectivity index (χ0) is 33.2. The average molecular weight is 615 g/mol. The number of hydrogen-bond donors (Lipinski definition) is 4. The lowest BCUT2D eigenvalue weighted by atomic mass is 9.92. The van der Waals surface area contributed by atoms with Gasteiger partial charge in [0, 0.05) is 38.8 Å². The van der Waals surface area contributed by atoms with E-state index >= 15 is 0 Å². The van der Waals surface area contributed by atoms with Crippen molar-refractivity contribution in [1.29, 1.82) is 0 Å². The van der Waals surface area contributed by atoms with Crippen LogP contribution in [0.5, 0.6) is 0 Å². The molecule has 4 N–H and O–H groups in total. The van der Waals surface area contributed by atoms with Gasteiger partial charge in [-0.2, -0.15) is 0 Å². The molecule has 0 aliphatic rings. The fourth-order valence-electron chi connectivity index (χ4n) is 4.19. The van der Waals surface area contributed by atoms with Crippen molar-refractivity contribution in [1.82, 2.24) is 10.6 Å². The van der Waals surface area contributed by atoms with Crippen LogP contribution in [-0.2, 0) is 41.5 Å². The van der Waals surface area contributed by atoms with Gasteiger partial charge >= 0.3 is 11.9 Å². The number of aryl methyl sites for hydroxylation is 2. The summed E-state index contributed by atoms with van der Waals surface area (Å²) >= 11 is 0. The van der Waals surface area contributed by atoms with Crippen molar-refractivity contribution < 1.29 is 48.5 Å². The summed E-state index contributed by atoms with van der Waals surface area (Å²) in [6, 6.07) is 14.1. The van der Waals surface area contributed by atoms with Gasteiger partial charge in [0.1, 0.15) is 31.3 Å². The third kappa shape index (κ3) is 14.2. The first-order chi connectivity index (χ1) is 20.8. The van der Waals surface area contributed by atoms with Crippen LogP contribution in [0, 0.1) is 0 Å². The fourth-order valence-corrected chi connectivity index (χ4v) is 4.19. The third-order valence-corrected chi connectivity index (χ3v) is 6.61. The number of amides is 2. The molecule has 0 spiro atoms. The molecule has 0 fully saturated rings. The SMILES string of the molecule is CC(=O)NC(CCc1ccc(C=O)cc1)(COC(C)=O)COC(C)=O.CC(=O)NC(CO)(CO)CCc1ccc(C=O)cc1. The second-order valence-electron chi connectivity index (χ2n) is 10.5. The van der Waals surface area contributed by atoms with Gasteiger partial charge in [-0.15, -0.1) is 0 Å². The van der Waals surface area contributed by atoms with E-state index in [1.165, 1.54) is 27.7 Å². The molecule has 0 aliphatic heterocycles. The van der Waals surface area contributed by atoms with Gasteiger partial charge in [0.25, 0.3) is 0 Å². The van der Waals surface area contributed by atoms with Crippen molar-refractivity contribution in [3.63, 3.8) is 0 Å². The van der Waals surface area contributed by atoms with Gasteiger partial charge in [0.15, 0.2) is 0 Å². The molecule has 0 radical (unpaired) electrons. The summed E-state index contributed by atoms with van der Waals surface area (Å²) in [6.07, 6.45) is 3.44. The lowest BCUT2D eigenvalue weighted by molar-refractivity contribution is -0.150. The summed E-state index contributed by atoms with van der Waals surface area (Å²) in [6.45, 7) is 4.35. The van der Waals surface area contributed by atoms with Crippen molar-refractivity contribution in [3.05, 3.63) is 70.8 Å². The van der Waals surface area contributed by atoms with Gasteiger partial charge in [0.2, 0.25) is 11.8 Å². The van der Waals surface area contributed by atoms with Crippen molar-refractivity contribution in [3.8, 4) is 0 Å². The van der Waals surface area contributed by atoms with Gasteiger partial charge in [0.05, 0.1) is 18.8 Å². The third-order valence-electron chi connectivity index (χ3n) is 6.61. The minimum Gasteiger partial charge on any atom is -0.463 e. The van der Waals surface area contributed by atoms with Crippen LogP contribution in [0.15, 0.2) is 48.5 Å². The monoisotopic (exact) mass is 614 g/mol. The molecule has 0 saturated carbocycles. The molecule has 2 aromatic rings.